The number of benzene rings is 1. The lowest BCUT2D eigenvalue weighted by Gasteiger charge is -2.32. The van der Waals surface area contributed by atoms with Crippen molar-refractivity contribution in [2.45, 2.75) is 52.0 Å². The number of piperidine rings is 1. The van der Waals surface area contributed by atoms with Crippen LogP contribution in [-0.2, 0) is 6.42 Å². The Bertz CT molecular complexity index is 436. The highest BCUT2D eigenvalue weighted by Gasteiger charge is 2.18. The van der Waals surface area contributed by atoms with E-state index in [2.05, 4.69) is 37.9 Å². The van der Waals surface area contributed by atoms with Gasteiger partial charge in [0, 0.05) is 6.04 Å². The van der Waals surface area contributed by atoms with E-state index in [1.54, 1.807) is 0 Å². The highest BCUT2D eigenvalue weighted by atomic mass is 16.5. The summed E-state index contributed by atoms with van der Waals surface area (Å²) in [5.41, 5.74) is 9.41. The molecule has 3 nitrogen and oxygen atoms in total. The number of nitrogens with zero attached hydrogens (tertiary/aromatic N) is 1. The lowest BCUT2D eigenvalue weighted by atomic mass is 10.0. The van der Waals surface area contributed by atoms with Crippen LogP contribution in [0.4, 0.5) is 0 Å². The molecule has 1 saturated heterocycles. The molecule has 0 bridgehead atoms. The highest BCUT2D eigenvalue weighted by Crippen LogP contribution is 2.26. The number of aryl methyl sites for hydroxylation is 2. The van der Waals surface area contributed by atoms with Crippen molar-refractivity contribution >= 4 is 0 Å². The average molecular weight is 290 g/mol. The normalized spacial score (nSPS) is 19.7. The van der Waals surface area contributed by atoms with Crippen molar-refractivity contribution in [1.29, 1.82) is 0 Å². The van der Waals surface area contributed by atoms with Gasteiger partial charge in [-0.25, -0.2) is 0 Å². The molecule has 0 aromatic heterocycles. The second-order valence-electron chi connectivity index (χ2n) is 6.36. The Hall–Kier alpha value is -1.06. The van der Waals surface area contributed by atoms with Crippen LogP contribution in [0.5, 0.6) is 5.75 Å². The summed E-state index contributed by atoms with van der Waals surface area (Å²) in [5.74, 6) is 1.06. The lowest BCUT2D eigenvalue weighted by Crippen LogP contribution is -2.37. The van der Waals surface area contributed by atoms with Crippen molar-refractivity contribution in [3.8, 4) is 5.75 Å². The second kappa shape index (κ2) is 7.81. The molecular formula is C18H30N2O. The van der Waals surface area contributed by atoms with E-state index in [1.165, 1.54) is 42.5 Å². The van der Waals surface area contributed by atoms with Crippen LogP contribution < -0.4 is 10.5 Å². The minimum absolute atomic E-state index is 0.691. The number of hydrogen-bond acceptors (Lipinski definition) is 3. The zero-order valence-corrected chi connectivity index (χ0v) is 13.8. The third-order valence-electron chi connectivity index (χ3n) is 4.57. The molecule has 1 atom stereocenters. The van der Waals surface area contributed by atoms with Crippen molar-refractivity contribution < 1.29 is 4.74 Å². The van der Waals surface area contributed by atoms with E-state index < -0.39 is 0 Å². The monoisotopic (exact) mass is 290 g/mol. The molecule has 2 N–H and O–H groups in total. The average Bonchev–Trinajstić information content (AvgIpc) is 2.44. The number of likely N-dealkylation sites (tertiary alicyclic amines) is 1. The lowest BCUT2D eigenvalue weighted by molar-refractivity contribution is 0.152. The zero-order chi connectivity index (χ0) is 15.2. The van der Waals surface area contributed by atoms with Gasteiger partial charge in [0.15, 0.2) is 0 Å². The Labute approximate surface area is 129 Å². The largest absolute Gasteiger partial charge is 0.493 e. The fourth-order valence-electron chi connectivity index (χ4n) is 3.38. The van der Waals surface area contributed by atoms with Gasteiger partial charge in [0.1, 0.15) is 5.75 Å². The molecule has 1 unspecified atom stereocenters. The van der Waals surface area contributed by atoms with E-state index in [1.807, 2.05) is 0 Å². The van der Waals surface area contributed by atoms with Crippen molar-refractivity contribution in [2.75, 3.05) is 26.7 Å². The van der Waals surface area contributed by atoms with Gasteiger partial charge in [-0.2, -0.15) is 0 Å². The predicted octanol–water partition coefficient (Wildman–Crippen LogP) is 3.06. The molecule has 0 saturated carbocycles. The minimum Gasteiger partial charge on any atom is -0.493 e. The molecule has 0 amide bonds. The van der Waals surface area contributed by atoms with Crippen LogP contribution in [0, 0.1) is 13.8 Å². The molecule has 0 radical (unpaired) electrons. The second-order valence-corrected chi connectivity index (χ2v) is 6.36. The molecule has 21 heavy (non-hydrogen) atoms. The maximum Gasteiger partial charge on any atom is 0.125 e. The van der Waals surface area contributed by atoms with Gasteiger partial charge in [0.25, 0.3) is 0 Å². The molecule has 118 valence electrons. The van der Waals surface area contributed by atoms with Gasteiger partial charge in [-0.1, -0.05) is 18.6 Å². The Balaban J connectivity index is 1.90. The summed E-state index contributed by atoms with van der Waals surface area (Å²) in [5, 5.41) is 0. The Kier molecular flexibility index (Phi) is 6.07. The van der Waals surface area contributed by atoms with E-state index in [0.717, 1.165) is 25.2 Å². The van der Waals surface area contributed by atoms with Crippen LogP contribution in [-0.4, -0.2) is 37.7 Å². The number of rotatable bonds is 6. The SMILES string of the molecule is Cc1cc(CCN)cc(C)c1OCCC1CCCCN1C. The van der Waals surface area contributed by atoms with Crippen LogP contribution in [0.3, 0.4) is 0 Å². The van der Waals surface area contributed by atoms with Crippen molar-refractivity contribution in [3.05, 3.63) is 28.8 Å². The first-order valence-corrected chi connectivity index (χ1v) is 8.25. The van der Waals surface area contributed by atoms with Gasteiger partial charge >= 0.3 is 0 Å². The summed E-state index contributed by atoms with van der Waals surface area (Å²) in [7, 11) is 2.24. The molecule has 1 fully saturated rings. The third-order valence-corrected chi connectivity index (χ3v) is 4.57. The predicted molar refractivity (Wildman–Crippen MR) is 89.1 cm³/mol. The third kappa shape index (κ3) is 4.45. The fraction of sp³-hybridized carbons (Fsp3) is 0.667. The molecule has 2 rings (SSSR count). The van der Waals surface area contributed by atoms with Crippen LogP contribution in [0.15, 0.2) is 12.1 Å². The Morgan fingerprint density at radius 1 is 1.24 bits per heavy atom. The fourth-order valence-corrected chi connectivity index (χ4v) is 3.38. The van der Waals surface area contributed by atoms with Gasteiger partial charge in [0.2, 0.25) is 0 Å². The maximum atomic E-state index is 6.09. The smallest absolute Gasteiger partial charge is 0.125 e. The number of ether oxygens (including phenoxy) is 1. The van der Waals surface area contributed by atoms with Gasteiger partial charge < -0.3 is 15.4 Å². The summed E-state index contributed by atoms with van der Waals surface area (Å²) >= 11 is 0. The minimum atomic E-state index is 0.691. The van der Waals surface area contributed by atoms with Crippen LogP contribution in [0.1, 0.15) is 42.4 Å². The topological polar surface area (TPSA) is 38.5 Å². The van der Waals surface area contributed by atoms with Crippen LogP contribution in [0.25, 0.3) is 0 Å². The molecule has 0 aliphatic carbocycles. The first kappa shape index (κ1) is 16.3. The molecular weight excluding hydrogens is 260 g/mol. The Morgan fingerprint density at radius 3 is 2.57 bits per heavy atom. The van der Waals surface area contributed by atoms with E-state index in [-0.39, 0.29) is 0 Å². The van der Waals surface area contributed by atoms with Gasteiger partial charge in [-0.05, 0) is 76.4 Å². The number of nitrogens with two attached hydrogens (primary N) is 1. The van der Waals surface area contributed by atoms with E-state index in [4.69, 9.17) is 10.5 Å². The summed E-state index contributed by atoms with van der Waals surface area (Å²) in [6.07, 6.45) is 6.08. The van der Waals surface area contributed by atoms with Crippen molar-refractivity contribution in [3.63, 3.8) is 0 Å². The highest BCUT2D eigenvalue weighted by molar-refractivity contribution is 5.43. The van der Waals surface area contributed by atoms with Crippen LogP contribution in [0.2, 0.25) is 0 Å². The molecule has 1 aromatic carbocycles. The van der Waals surface area contributed by atoms with Crippen molar-refractivity contribution in [1.82, 2.24) is 4.90 Å². The summed E-state index contributed by atoms with van der Waals surface area (Å²) in [4.78, 5) is 2.48. The number of hydrogen-bond donors (Lipinski definition) is 1. The molecule has 1 aliphatic rings. The van der Waals surface area contributed by atoms with E-state index in [9.17, 15) is 0 Å². The summed E-state index contributed by atoms with van der Waals surface area (Å²) < 4.78 is 6.09. The van der Waals surface area contributed by atoms with Gasteiger partial charge in [-0.3, -0.25) is 0 Å². The van der Waals surface area contributed by atoms with E-state index in [0.29, 0.717) is 12.6 Å². The molecule has 3 heteroatoms. The van der Waals surface area contributed by atoms with Crippen molar-refractivity contribution in [2.24, 2.45) is 5.73 Å². The standard InChI is InChI=1S/C18H30N2O/c1-14-12-16(7-9-19)13-15(2)18(14)21-11-8-17-6-4-5-10-20(17)3/h12-13,17H,4-11,19H2,1-3H3. The summed E-state index contributed by atoms with van der Waals surface area (Å²) in [6.45, 7) is 7.01. The molecule has 1 heterocycles. The first-order valence-electron chi connectivity index (χ1n) is 8.25. The quantitative estimate of drug-likeness (QED) is 0.875. The first-order chi connectivity index (χ1) is 10.1. The zero-order valence-electron chi connectivity index (χ0n) is 13.8. The summed E-state index contributed by atoms with van der Waals surface area (Å²) in [6, 6.07) is 5.11. The molecule has 0 spiro atoms. The van der Waals surface area contributed by atoms with Gasteiger partial charge in [0.05, 0.1) is 6.61 Å². The van der Waals surface area contributed by atoms with Crippen LogP contribution >= 0.6 is 0 Å². The van der Waals surface area contributed by atoms with E-state index >= 15 is 0 Å². The molecule has 1 aromatic rings. The molecule has 1 aliphatic heterocycles. The Morgan fingerprint density at radius 2 is 1.95 bits per heavy atom. The van der Waals surface area contributed by atoms with Gasteiger partial charge in [-0.15, -0.1) is 0 Å². The maximum absolute atomic E-state index is 6.09.